The van der Waals surface area contributed by atoms with E-state index in [9.17, 15) is 4.79 Å². The van der Waals surface area contributed by atoms with Crippen molar-refractivity contribution in [1.82, 2.24) is 0 Å². The fraction of sp³-hybridized carbons (Fsp3) is 0.278. The third-order valence-corrected chi connectivity index (χ3v) is 4.31. The summed E-state index contributed by atoms with van der Waals surface area (Å²) < 4.78 is 11.6. The Hall–Kier alpha value is -2.13. The van der Waals surface area contributed by atoms with Gasteiger partial charge in [-0.1, -0.05) is 43.3 Å². The zero-order chi connectivity index (χ0) is 14.6. The lowest BCUT2D eigenvalue weighted by molar-refractivity contribution is -0.101. The van der Waals surface area contributed by atoms with Gasteiger partial charge < -0.3 is 9.47 Å². The van der Waals surface area contributed by atoms with Crippen LogP contribution >= 0.6 is 0 Å². The van der Waals surface area contributed by atoms with Crippen LogP contribution in [0.1, 0.15) is 29.8 Å². The fourth-order valence-electron chi connectivity index (χ4n) is 3.35. The van der Waals surface area contributed by atoms with Gasteiger partial charge in [0.05, 0.1) is 11.5 Å². The summed E-state index contributed by atoms with van der Waals surface area (Å²) in [4.78, 5) is 12.9. The average molecular weight is 280 g/mol. The lowest BCUT2D eigenvalue weighted by atomic mass is 9.83. The minimum absolute atomic E-state index is 0.0453. The fourth-order valence-corrected chi connectivity index (χ4v) is 3.35. The molecule has 2 atom stereocenters. The number of hydrogen-bond donors (Lipinski definition) is 0. The lowest BCUT2D eigenvalue weighted by Crippen LogP contribution is -2.22. The minimum Gasteiger partial charge on any atom is -0.463 e. The van der Waals surface area contributed by atoms with Crippen molar-refractivity contribution in [2.24, 2.45) is 5.92 Å². The highest BCUT2D eigenvalue weighted by atomic mass is 16.7. The number of benzene rings is 2. The Bertz CT molecular complexity index is 783. The topological polar surface area (TPSA) is 35.5 Å². The summed E-state index contributed by atoms with van der Waals surface area (Å²) in [5.74, 6) is 0.732. The van der Waals surface area contributed by atoms with Crippen LogP contribution in [0.5, 0.6) is 0 Å². The standard InChI is InChI=1S/C18H16O3/c1-3-20-18-10(2)14-16(19)12-8-4-6-11-7-5-9-13(15(11)12)17(14)21-18/h4-10,18H,3H2,1-2H3. The third kappa shape index (κ3) is 1.61. The maximum Gasteiger partial charge on any atom is 0.206 e. The van der Waals surface area contributed by atoms with E-state index >= 15 is 0 Å². The van der Waals surface area contributed by atoms with Crippen molar-refractivity contribution < 1.29 is 14.3 Å². The van der Waals surface area contributed by atoms with E-state index < -0.39 is 0 Å². The van der Waals surface area contributed by atoms with Crippen molar-refractivity contribution in [3.05, 3.63) is 53.1 Å². The molecule has 0 saturated carbocycles. The molecule has 1 heterocycles. The van der Waals surface area contributed by atoms with Crippen molar-refractivity contribution in [1.29, 1.82) is 0 Å². The molecule has 2 aliphatic rings. The Balaban J connectivity index is 1.97. The van der Waals surface area contributed by atoms with Crippen LogP contribution in [0.2, 0.25) is 0 Å². The minimum atomic E-state index is -0.367. The van der Waals surface area contributed by atoms with Gasteiger partial charge in [-0.15, -0.1) is 0 Å². The van der Waals surface area contributed by atoms with Gasteiger partial charge in [0.25, 0.3) is 0 Å². The SMILES string of the molecule is CCOC1OC2=C(C(=O)c3cccc4cccc2c34)C1C. The molecule has 3 nitrogen and oxygen atoms in total. The van der Waals surface area contributed by atoms with Gasteiger partial charge in [0.1, 0.15) is 5.76 Å². The van der Waals surface area contributed by atoms with E-state index in [1.807, 2.05) is 50.2 Å². The van der Waals surface area contributed by atoms with E-state index in [0.717, 1.165) is 27.5 Å². The van der Waals surface area contributed by atoms with Crippen molar-refractivity contribution in [3.63, 3.8) is 0 Å². The summed E-state index contributed by atoms with van der Waals surface area (Å²) >= 11 is 0. The maximum atomic E-state index is 12.9. The van der Waals surface area contributed by atoms with Gasteiger partial charge in [0.15, 0.2) is 5.78 Å². The Morgan fingerprint density at radius 3 is 2.57 bits per heavy atom. The molecule has 1 aliphatic heterocycles. The Labute approximate surface area is 123 Å². The molecule has 2 unspecified atom stereocenters. The number of ether oxygens (including phenoxy) is 2. The van der Waals surface area contributed by atoms with Crippen molar-refractivity contribution in [2.75, 3.05) is 6.61 Å². The van der Waals surface area contributed by atoms with E-state index in [-0.39, 0.29) is 18.0 Å². The number of carbonyl (C=O) groups excluding carboxylic acids is 1. The Morgan fingerprint density at radius 1 is 1.14 bits per heavy atom. The molecule has 1 aliphatic carbocycles. The highest BCUT2D eigenvalue weighted by Gasteiger charge is 2.42. The zero-order valence-electron chi connectivity index (χ0n) is 12.1. The Kier molecular flexibility index (Phi) is 2.66. The lowest BCUT2D eigenvalue weighted by Gasteiger charge is -2.18. The summed E-state index contributed by atoms with van der Waals surface area (Å²) in [5, 5.41) is 2.06. The molecule has 0 bridgehead atoms. The first-order chi connectivity index (χ1) is 10.2. The summed E-state index contributed by atoms with van der Waals surface area (Å²) in [7, 11) is 0. The van der Waals surface area contributed by atoms with Crippen LogP contribution in [0.3, 0.4) is 0 Å². The second-order valence-corrected chi connectivity index (χ2v) is 5.51. The summed E-state index contributed by atoms with van der Waals surface area (Å²) in [6.07, 6.45) is -0.367. The second-order valence-electron chi connectivity index (χ2n) is 5.51. The normalized spacial score (nSPS) is 23.4. The number of rotatable bonds is 2. The van der Waals surface area contributed by atoms with Crippen molar-refractivity contribution in [2.45, 2.75) is 20.1 Å². The number of hydrogen-bond acceptors (Lipinski definition) is 3. The summed E-state index contributed by atoms with van der Waals surface area (Å²) in [6.45, 7) is 4.50. The molecule has 4 rings (SSSR count). The molecule has 106 valence electrons. The van der Waals surface area contributed by atoms with E-state index in [4.69, 9.17) is 9.47 Å². The molecule has 3 heteroatoms. The van der Waals surface area contributed by atoms with Gasteiger partial charge in [0, 0.05) is 23.1 Å². The molecule has 0 radical (unpaired) electrons. The van der Waals surface area contributed by atoms with Gasteiger partial charge in [-0.3, -0.25) is 4.79 Å². The van der Waals surface area contributed by atoms with Crippen LogP contribution in [-0.2, 0) is 9.47 Å². The maximum absolute atomic E-state index is 12.9. The van der Waals surface area contributed by atoms with Crippen LogP contribution in [0.25, 0.3) is 16.5 Å². The monoisotopic (exact) mass is 280 g/mol. The molecule has 21 heavy (non-hydrogen) atoms. The highest BCUT2D eigenvalue weighted by molar-refractivity contribution is 6.24. The zero-order valence-corrected chi connectivity index (χ0v) is 12.1. The predicted molar refractivity (Wildman–Crippen MR) is 80.9 cm³/mol. The molecule has 2 aromatic carbocycles. The van der Waals surface area contributed by atoms with Gasteiger partial charge in [-0.25, -0.2) is 0 Å². The smallest absolute Gasteiger partial charge is 0.206 e. The van der Waals surface area contributed by atoms with Crippen LogP contribution < -0.4 is 0 Å². The average Bonchev–Trinajstić information content (AvgIpc) is 2.82. The van der Waals surface area contributed by atoms with Crippen LogP contribution in [-0.4, -0.2) is 18.7 Å². The number of carbonyl (C=O) groups is 1. The molecule has 0 spiro atoms. The highest BCUT2D eigenvalue weighted by Crippen LogP contribution is 2.45. The quantitative estimate of drug-likeness (QED) is 0.840. The molecule has 0 saturated heterocycles. The third-order valence-electron chi connectivity index (χ3n) is 4.31. The molecule has 2 aromatic rings. The van der Waals surface area contributed by atoms with Gasteiger partial charge in [-0.05, 0) is 12.3 Å². The predicted octanol–water partition coefficient (Wildman–Crippen LogP) is 3.78. The molecule has 0 N–H and O–H groups in total. The van der Waals surface area contributed by atoms with Gasteiger partial charge in [-0.2, -0.15) is 0 Å². The number of ketones is 1. The first-order valence-corrected chi connectivity index (χ1v) is 7.31. The van der Waals surface area contributed by atoms with Gasteiger partial charge in [0.2, 0.25) is 6.29 Å². The first kappa shape index (κ1) is 12.6. The van der Waals surface area contributed by atoms with Crippen LogP contribution in [0.15, 0.2) is 42.0 Å². The number of Topliss-reactive ketones (excluding diaryl/α,β-unsaturated/α-hetero) is 1. The van der Waals surface area contributed by atoms with E-state index in [1.54, 1.807) is 0 Å². The first-order valence-electron chi connectivity index (χ1n) is 7.31. The molecular weight excluding hydrogens is 264 g/mol. The summed E-state index contributed by atoms with van der Waals surface area (Å²) in [6, 6.07) is 11.9. The van der Waals surface area contributed by atoms with Crippen molar-refractivity contribution in [3.8, 4) is 0 Å². The molecule has 0 fully saturated rings. The van der Waals surface area contributed by atoms with E-state index in [2.05, 4.69) is 0 Å². The largest absolute Gasteiger partial charge is 0.463 e. The van der Waals surface area contributed by atoms with E-state index in [1.165, 1.54) is 0 Å². The van der Waals surface area contributed by atoms with Crippen LogP contribution in [0.4, 0.5) is 0 Å². The second kappa shape index (κ2) is 4.43. The summed E-state index contributed by atoms with van der Waals surface area (Å²) in [5.41, 5.74) is 2.53. The molecule has 0 amide bonds. The van der Waals surface area contributed by atoms with Crippen LogP contribution in [0, 0.1) is 5.92 Å². The Morgan fingerprint density at radius 2 is 1.86 bits per heavy atom. The molecule has 0 aromatic heterocycles. The molecular formula is C18H16O3. The van der Waals surface area contributed by atoms with Gasteiger partial charge >= 0.3 is 0 Å². The number of fused-ring (bicyclic) bond motifs is 1. The van der Waals surface area contributed by atoms with Crippen molar-refractivity contribution >= 4 is 22.3 Å². The van der Waals surface area contributed by atoms with E-state index in [0.29, 0.717) is 12.4 Å².